The molecule has 152 valence electrons. The van der Waals surface area contributed by atoms with E-state index in [9.17, 15) is 14.4 Å². The molecule has 1 aliphatic heterocycles. The summed E-state index contributed by atoms with van der Waals surface area (Å²) in [5.41, 5.74) is 0.690. The number of fused-ring (bicyclic) bond motifs is 1. The van der Waals surface area contributed by atoms with Gasteiger partial charge in [0.15, 0.2) is 17.3 Å². The van der Waals surface area contributed by atoms with Gasteiger partial charge in [-0.25, -0.2) is 0 Å². The SMILES string of the molecule is CC(=O)c1cc2c(cc1NC(=O)CCC(=O)OC1CCC(C)C(C)C1)OCO2. The minimum absolute atomic E-state index is 0.00618. The van der Waals surface area contributed by atoms with E-state index < -0.39 is 0 Å². The first-order valence-electron chi connectivity index (χ1n) is 9.77. The van der Waals surface area contributed by atoms with E-state index in [-0.39, 0.29) is 43.4 Å². The molecule has 2 aliphatic rings. The molecule has 1 aromatic rings. The monoisotopic (exact) mass is 389 g/mol. The smallest absolute Gasteiger partial charge is 0.306 e. The van der Waals surface area contributed by atoms with Gasteiger partial charge in [0.2, 0.25) is 12.7 Å². The molecule has 0 bridgehead atoms. The summed E-state index contributed by atoms with van der Waals surface area (Å²) in [5.74, 6) is 1.21. The number of anilines is 1. The molecule has 3 unspecified atom stereocenters. The summed E-state index contributed by atoms with van der Waals surface area (Å²) >= 11 is 0. The Bertz CT molecular complexity index is 774. The molecule has 0 radical (unpaired) electrons. The number of ketones is 1. The van der Waals surface area contributed by atoms with Gasteiger partial charge in [0.25, 0.3) is 0 Å². The second kappa shape index (κ2) is 8.63. The summed E-state index contributed by atoms with van der Waals surface area (Å²) in [4.78, 5) is 36.2. The summed E-state index contributed by atoms with van der Waals surface area (Å²) in [5, 5.41) is 2.69. The number of rotatable bonds is 6. The van der Waals surface area contributed by atoms with E-state index in [2.05, 4.69) is 19.2 Å². The van der Waals surface area contributed by atoms with Gasteiger partial charge in [-0.2, -0.15) is 0 Å². The number of hydrogen-bond acceptors (Lipinski definition) is 6. The Balaban J connectivity index is 1.52. The van der Waals surface area contributed by atoms with Crippen LogP contribution in [0.1, 0.15) is 63.2 Å². The van der Waals surface area contributed by atoms with Crippen LogP contribution in [0.25, 0.3) is 0 Å². The standard InChI is InChI=1S/C21H27NO6/c1-12-4-5-15(8-13(12)2)28-21(25)7-6-20(24)22-17-10-19-18(26-11-27-19)9-16(17)14(3)23/h9-10,12-13,15H,4-8,11H2,1-3H3,(H,22,24). The summed E-state index contributed by atoms with van der Waals surface area (Å²) in [6.07, 6.45) is 2.74. The van der Waals surface area contributed by atoms with Crippen molar-refractivity contribution in [3.8, 4) is 11.5 Å². The van der Waals surface area contributed by atoms with Crippen LogP contribution in [0.3, 0.4) is 0 Å². The molecule has 3 atom stereocenters. The van der Waals surface area contributed by atoms with Gasteiger partial charge in [0, 0.05) is 18.1 Å². The molecule has 28 heavy (non-hydrogen) atoms. The fraction of sp³-hybridized carbons (Fsp3) is 0.571. The predicted molar refractivity (Wildman–Crippen MR) is 102 cm³/mol. The van der Waals surface area contributed by atoms with Crippen molar-refractivity contribution in [3.05, 3.63) is 17.7 Å². The van der Waals surface area contributed by atoms with Gasteiger partial charge in [0.05, 0.1) is 12.1 Å². The highest BCUT2D eigenvalue weighted by molar-refractivity contribution is 6.04. The second-order valence-corrected chi connectivity index (χ2v) is 7.73. The van der Waals surface area contributed by atoms with Crippen molar-refractivity contribution < 1.29 is 28.6 Å². The Morgan fingerprint density at radius 3 is 2.46 bits per heavy atom. The molecular formula is C21H27NO6. The maximum absolute atomic E-state index is 12.3. The van der Waals surface area contributed by atoms with Crippen LogP contribution in [0.15, 0.2) is 12.1 Å². The van der Waals surface area contributed by atoms with Gasteiger partial charge in [-0.1, -0.05) is 13.8 Å². The zero-order valence-electron chi connectivity index (χ0n) is 16.6. The average molecular weight is 389 g/mol. The number of amides is 1. The maximum Gasteiger partial charge on any atom is 0.306 e. The topological polar surface area (TPSA) is 90.9 Å². The molecule has 1 amide bonds. The summed E-state index contributed by atoms with van der Waals surface area (Å²) in [6, 6.07) is 3.12. The van der Waals surface area contributed by atoms with Gasteiger partial charge in [-0.05, 0) is 44.1 Å². The van der Waals surface area contributed by atoms with Crippen LogP contribution >= 0.6 is 0 Å². The molecule has 0 aromatic heterocycles. The third-order valence-electron chi connectivity index (χ3n) is 5.57. The minimum atomic E-state index is -0.362. The van der Waals surface area contributed by atoms with Gasteiger partial charge < -0.3 is 19.5 Å². The molecule has 0 saturated heterocycles. The Morgan fingerprint density at radius 1 is 1.07 bits per heavy atom. The zero-order chi connectivity index (χ0) is 20.3. The Morgan fingerprint density at radius 2 is 1.79 bits per heavy atom. The van der Waals surface area contributed by atoms with Gasteiger partial charge in [-0.3, -0.25) is 14.4 Å². The molecule has 1 heterocycles. The van der Waals surface area contributed by atoms with Crippen molar-refractivity contribution in [1.29, 1.82) is 0 Å². The van der Waals surface area contributed by atoms with Crippen LogP contribution in [0.5, 0.6) is 11.5 Å². The lowest BCUT2D eigenvalue weighted by atomic mass is 9.80. The Kier molecular flexibility index (Phi) is 6.21. The number of benzene rings is 1. The van der Waals surface area contributed by atoms with Crippen molar-refractivity contribution in [1.82, 2.24) is 0 Å². The molecule has 0 spiro atoms. The van der Waals surface area contributed by atoms with Crippen molar-refractivity contribution in [2.45, 2.75) is 59.0 Å². The highest BCUT2D eigenvalue weighted by atomic mass is 16.7. The third-order valence-corrected chi connectivity index (χ3v) is 5.57. The predicted octanol–water partition coefficient (Wildman–Crippen LogP) is 3.70. The lowest BCUT2D eigenvalue weighted by Crippen LogP contribution is -2.29. The van der Waals surface area contributed by atoms with Crippen molar-refractivity contribution in [3.63, 3.8) is 0 Å². The van der Waals surface area contributed by atoms with E-state index in [0.717, 1.165) is 19.3 Å². The molecule has 7 heteroatoms. The van der Waals surface area contributed by atoms with Crippen LogP contribution in [0.4, 0.5) is 5.69 Å². The lowest BCUT2D eigenvalue weighted by Gasteiger charge is -2.31. The molecule has 7 nitrogen and oxygen atoms in total. The first-order valence-corrected chi connectivity index (χ1v) is 9.77. The maximum atomic E-state index is 12.3. The fourth-order valence-electron chi connectivity index (χ4n) is 3.61. The van der Waals surface area contributed by atoms with Crippen LogP contribution in [0.2, 0.25) is 0 Å². The zero-order valence-corrected chi connectivity index (χ0v) is 16.6. The molecule has 1 saturated carbocycles. The van der Waals surface area contributed by atoms with Crippen molar-refractivity contribution in [2.75, 3.05) is 12.1 Å². The first-order chi connectivity index (χ1) is 13.3. The summed E-state index contributed by atoms with van der Waals surface area (Å²) in [6.45, 7) is 5.89. The molecule has 1 fully saturated rings. The quantitative estimate of drug-likeness (QED) is 0.589. The van der Waals surface area contributed by atoms with Crippen molar-refractivity contribution >= 4 is 23.3 Å². The first kappa shape index (κ1) is 20.2. The molecule has 1 N–H and O–H groups in total. The number of esters is 1. The van der Waals surface area contributed by atoms with Gasteiger partial charge >= 0.3 is 5.97 Å². The van der Waals surface area contributed by atoms with Gasteiger partial charge in [0.1, 0.15) is 6.10 Å². The Labute approximate surface area is 164 Å². The second-order valence-electron chi connectivity index (χ2n) is 7.73. The summed E-state index contributed by atoms with van der Waals surface area (Å²) in [7, 11) is 0. The number of hydrogen-bond donors (Lipinski definition) is 1. The minimum Gasteiger partial charge on any atom is -0.462 e. The third kappa shape index (κ3) is 4.82. The number of carbonyl (C=O) groups excluding carboxylic acids is 3. The number of nitrogens with one attached hydrogen (secondary N) is 1. The number of ether oxygens (including phenoxy) is 3. The van der Waals surface area contributed by atoms with E-state index in [1.165, 1.54) is 6.92 Å². The lowest BCUT2D eigenvalue weighted by molar-refractivity contribution is -0.152. The number of Topliss-reactive ketones (excluding diaryl/α,β-unsaturated/α-hetero) is 1. The van der Waals surface area contributed by atoms with Crippen LogP contribution in [-0.4, -0.2) is 30.6 Å². The largest absolute Gasteiger partial charge is 0.462 e. The summed E-state index contributed by atoms with van der Waals surface area (Å²) < 4.78 is 16.1. The van der Waals surface area contributed by atoms with Gasteiger partial charge in [-0.15, -0.1) is 0 Å². The van der Waals surface area contributed by atoms with E-state index in [1.54, 1.807) is 12.1 Å². The average Bonchev–Trinajstić information content (AvgIpc) is 3.09. The van der Waals surface area contributed by atoms with Crippen LogP contribution < -0.4 is 14.8 Å². The van der Waals surface area contributed by atoms with Crippen LogP contribution in [-0.2, 0) is 14.3 Å². The van der Waals surface area contributed by atoms with Crippen LogP contribution in [0, 0.1) is 11.8 Å². The fourth-order valence-corrected chi connectivity index (χ4v) is 3.61. The molecule has 1 aromatic carbocycles. The van der Waals surface area contributed by atoms with E-state index in [1.807, 2.05) is 0 Å². The van der Waals surface area contributed by atoms with E-state index in [4.69, 9.17) is 14.2 Å². The molecule has 1 aliphatic carbocycles. The van der Waals surface area contributed by atoms with E-state index >= 15 is 0 Å². The normalized spacial score (nSPS) is 23.2. The Hall–Kier alpha value is -2.57. The van der Waals surface area contributed by atoms with E-state index in [0.29, 0.717) is 34.6 Å². The van der Waals surface area contributed by atoms with Crippen molar-refractivity contribution in [2.24, 2.45) is 11.8 Å². The molecule has 3 rings (SSSR count). The molecular weight excluding hydrogens is 362 g/mol. The number of carbonyl (C=O) groups is 3. The highest BCUT2D eigenvalue weighted by Gasteiger charge is 2.27. The highest BCUT2D eigenvalue weighted by Crippen LogP contribution is 2.37.